The summed E-state index contributed by atoms with van der Waals surface area (Å²) in [5, 5.41) is 14.8. The van der Waals surface area contributed by atoms with Crippen LogP contribution in [0, 0.1) is 11.3 Å². The van der Waals surface area contributed by atoms with Crippen LogP contribution >= 0.6 is 0 Å². The van der Waals surface area contributed by atoms with E-state index >= 15 is 0 Å². The summed E-state index contributed by atoms with van der Waals surface area (Å²) >= 11 is 0. The molecule has 2 rings (SSSR count). The lowest BCUT2D eigenvalue weighted by Gasteiger charge is -2.16. The van der Waals surface area contributed by atoms with E-state index in [-0.39, 0.29) is 11.8 Å². The Morgan fingerprint density at radius 3 is 2.40 bits per heavy atom. The van der Waals surface area contributed by atoms with Gasteiger partial charge >= 0.3 is 0 Å². The molecule has 0 aliphatic rings. The van der Waals surface area contributed by atoms with Gasteiger partial charge in [-0.2, -0.15) is 5.26 Å². The first-order valence-corrected chi connectivity index (χ1v) is 8.25. The Morgan fingerprint density at radius 2 is 1.72 bits per heavy atom. The van der Waals surface area contributed by atoms with Crippen LogP contribution in [0.5, 0.6) is 0 Å². The molecule has 0 heterocycles. The number of carbonyl (C=O) groups excluding carboxylic acids is 2. The van der Waals surface area contributed by atoms with E-state index in [4.69, 9.17) is 0 Å². The van der Waals surface area contributed by atoms with Gasteiger partial charge in [-0.1, -0.05) is 43.3 Å². The van der Waals surface area contributed by atoms with E-state index in [0.29, 0.717) is 28.8 Å². The molecule has 0 unspecified atom stereocenters. The first-order valence-electron chi connectivity index (χ1n) is 8.25. The molecule has 0 saturated carbocycles. The standard InChI is InChI=1S/C20H21N3O2/c1-3-12-22-19(24)14(2)23-20(25)18-11-7-6-10-17(18)16-9-5-4-8-15(16)13-21/h4-11,14H,3,12H2,1-2H3,(H,22,24)(H,23,25)/t14-/m1/s1. The summed E-state index contributed by atoms with van der Waals surface area (Å²) in [6, 6.07) is 15.7. The van der Waals surface area contributed by atoms with E-state index in [9.17, 15) is 14.9 Å². The maximum absolute atomic E-state index is 12.7. The number of nitrogens with zero attached hydrogens (tertiary/aromatic N) is 1. The Morgan fingerprint density at radius 1 is 1.08 bits per heavy atom. The zero-order chi connectivity index (χ0) is 18.2. The summed E-state index contributed by atoms with van der Waals surface area (Å²) in [5.74, 6) is -0.562. The van der Waals surface area contributed by atoms with Crippen LogP contribution < -0.4 is 10.6 Å². The van der Waals surface area contributed by atoms with Gasteiger partial charge in [-0.05, 0) is 31.0 Å². The summed E-state index contributed by atoms with van der Waals surface area (Å²) in [7, 11) is 0. The summed E-state index contributed by atoms with van der Waals surface area (Å²) in [5.41, 5.74) is 2.29. The van der Waals surface area contributed by atoms with Crippen molar-refractivity contribution in [2.75, 3.05) is 6.54 Å². The Kier molecular flexibility index (Phi) is 6.30. The van der Waals surface area contributed by atoms with E-state index in [1.54, 1.807) is 37.3 Å². The van der Waals surface area contributed by atoms with E-state index in [1.165, 1.54) is 0 Å². The van der Waals surface area contributed by atoms with Crippen molar-refractivity contribution in [1.82, 2.24) is 10.6 Å². The maximum Gasteiger partial charge on any atom is 0.252 e. The summed E-state index contributed by atoms with van der Waals surface area (Å²) in [4.78, 5) is 24.6. The number of amides is 2. The van der Waals surface area contributed by atoms with Crippen molar-refractivity contribution in [1.29, 1.82) is 5.26 Å². The van der Waals surface area contributed by atoms with Crippen molar-refractivity contribution in [2.24, 2.45) is 0 Å². The second-order valence-corrected chi connectivity index (χ2v) is 5.69. The highest BCUT2D eigenvalue weighted by molar-refractivity contribution is 6.03. The highest BCUT2D eigenvalue weighted by Crippen LogP contribution is 2.26. The Labute approximate surface area is 147 Å². The van der Waals surface area contributed by atoms with E-state index in [2.05, 4.69) is 16.7 Å². The number of nitriles is 1. The van der Waals surface area contributed by atoms with Gasteiger partial charge in [0, 0.05) is 17.7 Å². The van der Waals surface area contributed by atoms with Crippen molar-refractivity contribution < 1.29 is 9.59 Å². The predicted molar refractivity (Wildman–Crippen MR) is 96.8 cm³/mol. The molecule has 5 heteroatoms. The van der Waals surface area contributed by atoms with Gasteiger partial charge in [-0.3, -0.25) is 9.59 Å². The summed E-state index contributed by atoms with van der Waals surface area (Å²) in [6.07, 6.45) is 0.834. The number of hydrogen-bond donors (Lipinski definition) is 2. The normalized spacial score (nSPS) is 11.2. The zero-order valence-corrected chi connectivity index (χ0v) is 14.4. The molecule has 0 saturated heterocycles. The fourth-order valence-electron chi connectivity index (χ4n) is 2.47. The van der Waals surface area contributed by atoms with Crippen molar-refractivity contribution in [3.63, 3.8) is 0 Å². The first kappa shape index (κ1) is 18.2. The monoisotopic (exact) mass is 335 g/mol. The molecule has 0 radical (unpaired) electrons. The number of nitrogens with one attached hydrogen (secondary N) is 2. The molecule has 0 fully saturated rings. The highest BCUT2D eigenvalue weighted by Gasteiger charge is 2.19. The van der Waals surface area contributed by atoms with Crippen molar-refractivity contribution >= 4 is 11.8 Å². The minimum Gasteiger partial charge on any atom is -0.354 e. The third kappa shape index (κ3) is 4.45. The molecule has 0 bridgehead atoms. The molecule has 0 aliphatic heterocycles. The van der Waals surface area contributed by atoms with Gasteiger partial charge in [0.1, 0.15) is 6.04 Å². The number of hydrogen-bond acceptors (Lipinski definition) is 3. The van der Waals surface area contributed by atoms with E-state index < -0.39 is 6.04 Å². The van der Waals surface area contributed by atoms with Gasteiger partial charge in [0.25, 0.3) is 5.91 Å². The third-order valence-electron chi connectivity index (χ3n) is 3.80. The molecule has 25 heavy (non-hydrogen) atoms. The zero-order valence-electron chi connectivity index (χ0n) is 14.4. The molecule has 2 aromatic rings. The quantitative estimate of drug-likeness (QED) is 0.851. The number of rotatable bonds is 6. The van der Waals surface area contributed by atoms with Crippen molar-refractivity contribution in [3.05, 3.63) is 59.7 Å². The number of benzene rings is 2. The van der Waals surface area contributed by atoms with Crippen LogP contribution in [0.25, 0.3) is 11.1 Å². The first-order chi connectivity index (χ1) is 12.1. The fraction of sp³-hybridized carbons (Fsp3) is 0.250. The molecule has 0 aliphatic carbocycles. The Bertz CT molecular complexity index is 809. The van der Waals surface area contributed by atoms with Gasteiger partial charge in [-0.15, -0.1) is 0 Å². The van der Waals surface area contributed by atoms with Gasteiger partial charge < -0.3 is 10.6 Å². The molecule has 128 valence electrons. The molecular formula is C20H21N3O2. The van der Waals surface area contributed by atoms with Gasteiger partial charge in [0.05, 0.1) is 11.6 Å². The molecule has 2 N–H and O–H groups in total. The smallest absolute Gasteiger partial charge is 0.252 e. The molecule has 0 aromatic heterocycles. The van der Waals surface area contributed by atoms with E-state index in [0.717, 1.165) is 6.42 Å². The Balaban J connectivity index is 2.27. The summed E-state index contributed by atoms with van der Waals surface area (Å²) in [6.45, 7) is 4.19. The van der Waals surface area contributed by atoms with Gasteiger partial charge in [0.15, 0.2) is 0 Å². The van der Waals surface area contributed by atoms with Crippen LogP contribution in [0.3, 0.4) is 0 Å². The van der Waals surface area contributed by atoms with Gasteiger partial charge in [-0.25, -0.2) is 0 Å². The Hall–Kier alpha value is -3.13. The van der Waals surface area contributed by atoms with E-state index in [1.807, 2.05) is 25.1 Å². The lowest BCUT2D eigenvalue weighted by molar-refractivity contribution is -0.122. The van der Waals surface area contributed by atoms with Crippen molar-refractivity contribution in [3.8, 4) is 17.2 Å². The van der Waals surface area contributed by atoms with Gasteiger partial charge in [0.2, 0.25) is 5.91 Å². The molecular weight excluding hydrogens is 314 g/mol. The summed E-state index contributed by atoms with van der Waals surface area (Å²) < 4.78 is 0. The second kappa shape index (κ2) is 8.65. The van der Waals surface area contributed by atoms with Crippen molar-refractivity contribution in [2.45, 2.75) is 26.3 Å². The van der Waals surface area contributed by atoms with Crippen LogP contribution in [0.1, 0.15) is 36.2 Å². The SMILES string of the molecule is CCCNC(=O)[C@@H](C)NC(=O)c1ccccc1-c1ccccc1C#N. The topological polar surface area (TPSA) is 82.0 Å². The fourth-order valence-corrected chi connectivity index (χ4v) is 2.47. The average Bonchev–Trinajstić information content (AvgIpc) is 2.65. The lowest BCUT2D eigenvalue weighted by Crippen LogP contribution is -2.45. The predicted octanol–water partition coefficient (Wildman–Crippen LogP) is 2.87. The van der Waals surface area contributed by atoms with Crippen LogP contribution in [-0.4, -0.2) is 24.4 Å². The van der Waals surface area contributed by atoms with Crippen LogP contribution in [0.2, 0.25) is 0 Å². The maximum atomic E-state index is 12.7. The third-order valence-corrected chi connectivity index (χ3v) is 3.80. The molecule has 1 atom stereocenters. The molecule has 5 nitrogen and oxygen atoms in total. The van der Waals surface area contributed by atoms with Crippen LogP contribution in [-0.2, 0) is 4.79 Å². The highest BCUT2D eigenvalue weighted by atomic mass is 16.2. The molecule has 0 spiro atoms. The van der Waals surface area contributed by atoms with Crippen LogP contribution in [0.4, 0.5) is 0 Å². The second-order valence-electron chi connectivity index (χ2n) is 5.69. The number of carbonyl (C=O) groups is 2. The molecule has 2 aromatic carbocycles. The lowest BCUT2D eigenvalue weighted by atomic mass is 9.95. The van der Waals surface area contributed by atoms with Crippen LogP contribution in [0.15, 0.2) is 48.5 Å². The minimum absolute atomic E-state index is 0.217. The minimum atomic E-state index is -0.640. The molecule has 2 amide bonds. The average molecular weight is 335 g/mol. The largest absolute Gasteiger partial charge is 0.354 e.